The molecular weight excluding hydrogens is 358 g/mol. The minimum atomic E-state index is -3.43. The molecule has 0 aliphatic carbocycles. The Kier molecular flexibility index (Phi) is 5.86. The van der Waals surface area contributed by atoms with Gasteiger partial charge in [-0.1, -0.05) is 48.1 Å². The van der Waals surface area contributed by atoms with E-state index in [0.29, 0.717) is 17.0 Å². The predicted octanol–water partition coefficient (Wildman–Crippen LogP) is 3.03. The Morgan fingerprint density at radius 3 is 2.78 bits per heavy atom. The molecule has 0 saturated carbocycles. The second-order valence-corrected chi connectivity index (χ2v) is 8.20. The Labute approximate surface area is 143 Å². The fourth-order valence-corrected chi connectivity index (χ4v) is 4.22. The summed E-state index contributed by atoms with van der Waals surface area (Å²) in [7, 11) is -3.43. The van der Waals surface area contributed by atoms with Gasteiger partial charge in [0.15, 0.2) is 0 Å². The van der Waals surface area contributed by atoms with Gasteiger partial charge in [0.1, 0.15) is 0 Å². The zero-order valence-electron chi connectivity index (χ0n) is 12.2. The molecule has 0 aliphatic heterocycles. The molecule has 23 heavy (non-hydrogen) atoms. The number of carbonyl (C=O) groups excluding carboxylic acids is 1. The molecule has 0 saturated heterocycles. The van der Waals surface area contributed by atoms with Crippen LogP contribution in [0, 0.1) is 0 Å². The average Bonchev–Trinajstić information content (AvgIpc) is 2.96. The molecule has 9 heteroatoms. The highest BCUT2D eigenvalue weighted by atomic mass is 35.5. The van der Waals surface area contributed by atoms with Gasteiger partial charge in [-0.2, -0.15) is 0 Å². The van der Waals surface area contributed by atoms with Crippen LogP contribution < -0.4 is 5.32 Å². The first-order valence-electron chi connectivity index (χ1n) is 6.72. The smallest absolute Gasteiger partial charge is 0.250 e. The van der Waals surface area contributed by atoms with Crippen LogP contribution in [-0.4, -0.2) is 30.3 Å². The molecule has 1 N–H and O–H groups in total. The van der Waals surface area contributed by atoms with E-state index in [1.807, 2.05) is 0 Å². The summed E-state index contributed by atoms with van der Waals surface area (Å²) in [4.78, 5) is 11.8. The number of halogens is 1. The zero-order chi connectivity index (χ0) is 16.9. The Morgan fingerprint density at radius 2 is 2.09 bits per heavy atom. The van der Waals surface area contributed by atoms with Gasteiger partial charge in [-0.25, -0.2) is 8.42 Å². The molecule has 1 amide bonds. The maximum Gasteiger partial charge on any atom is 0.250 e. The maximum absolute atomic E-state index is 11.8. The van der Waals surface area contributed by atoms with Gasteiger partial charge in [0.2, 0.25) is 25.2 Å². The van der Waals surface area contributed by atoms with E-state index in [9.17, 15) is 13.2 Å². The molecule has 0 unspecified atom stereocenters. The number of anilines is 1. The van der Waals surface area contributed by atoms with Crippen LogP contribution in [0.3, 0.4) is 0 Å². The first-order valence-corrected chi connectivity index (χ1v) is 9.57. The topological polar surface area (TPSA) is 89.0 Å². The molecule has 1 heterocycles. The summed E-state index contributed by atoms with van der Waals surface area (Å²) < 4.78 is 23.6. The average molecular weight is 372 g/mol. The molecule has 0 radical (unpaired) electrons. The van der Waals surface area contributed by atoms with Gasteiger partial charge in [0.05, 0.1) is 5.75 Å². The van der Waals surface area contributed by atoms with Crippen molar-refractivity contribution in [1.29, 1.82) is 0 Å². The number of sulfone groups is 1. The number of aromatic nitrogens is 2. The van der Waals surface area contributed by atoms with Crippen molar-refractivity contribution in [3.8, 4) is 0 Å². The summed E-state index contributed by atoms with van der Waals surface area (Å²) in [6.45, 7) is 1.76. The SMILES string of the molecule is CCCS(=O)(=O)c1nnc(NC(=O)/C=C/c2ccccc2Cl)s1. The highest BCUT2D eigenvalue weighted by molar-refractivity contribution is 7.93. The molecule has 122 valence electrons. The Hall–Kier alpha value is -1.77. The van der Waals surface area contributed by atoms with Crippen molar-refractivity contribution in [2.24, 2.45) is 0 Å². The first kappa shape index (κ1) is 17.6. The second kappa shape index (κ2) is 7.67. The molecule has 0 fully saturated rings. The molecule has 1 aromatic heterocycles. The van der Waals surface area contributed by atoms with Crippen molar-refractivity contribution >= 4 is 49.9 Å². The monoisotopic (exact) mass is 371 g/mol. The normalized spacial score (nSPS) is 11.7. The lowest BCUT2D eigenvalue weighted by Gasteiger charge is -1.97. The summed E-state index contributed by atoms with van der Waals surface area (Å²) in [5.74, 6) is -0.442. The largest absolute Gasteiger partial charge is 0.297 e. The molecule has 6 nitrogen and oxygen atoms in total. The summed E-state index contributed by atoms with van der Waals surface area (Å²) in [6, 6.07) is 7.08. The van der Waals surface area contributed by atoms with Gasteiger partial charge in [-0.05, 0) is 24.1 Å². The quantitative estimate of drug-likeness (QED) is 0.622. The number of hydrogen-bond donors (Lipinski definition) is 1. The third-order valence-electron chi connectivity index (χ3n) is 2.69. The number of benzene rings is 1. The highest BCUT2D eigenvalue weighted by Crippen LogP contribution is 2.21. The summed E-state index contributed by atoms with van der Waals surface area (Å²) in [6.07, 6.45) is 3.35. The van der Waals surface area contributed by atoms with E-state index in [1.165, 1.54) is 6.08 Å². The summed E-state index contributed by atoms with van der Waals surface area (Å²) in [5.41, 5.74) is 0.702. The van der Waals surface area contributed by atoms with Crippen LogP contribution in [0.5, 0.6) is 0 Å². The van der Waals surface area contributed by atoms with E-state index in [-0.39, 0.29) is 15.2 Å². The fraction of sp³-hybridized carbons (Fsp3) is 0.214. The lowest BCUT2D eigenvalue weighted by atomic mass is 10.2. The van der Waals surface area contributed by atoms with Crippen molar-refractivity contribution in [3.63, 3.8) is 0 Å². The van der Waals surface area contributed by atoms with E-state index in [2.05, 4.69) is 15.5 Å². The van der Waals surface area contributed by atoms with Crippen LogP contribution in [0.4, 0.5) is 5.13 Å². The van der Waals surface area contributed by atoms with Gasteiger partial charge in [0, 0.05) is 11.1 Å². The number of amides is 1. The number of rotatable bonds is 6. The minimum absolute atomic E-state index is 0.00197. The molecule has 0 aliphatic rings. The van der Waals surface area contributed by atoms with Gasteiger partial charge in [-0.15, -0.1) is 10.2 Å². The molecule has 0 spiro atoms. The standard InChI is InChI=1S/C14H14ClN3O3S2/c1-2-9-23(20,21)14-18-17-13(22-14)16-12(19)8-7-10-5-3-4-6-11(10)15/h3-8H,2,9H2,1H3,(H,16,17,19)/b8-7+. The maximum atomic E-state index is 11.8. The molecule has 2 aromatic rings. The number of hydrogen-bond acceptors (Lipinski definition) is 6. The van der Waals surface area contributed by atoms with Crippen molar-refractivity contribution < 1.29 is 13.2 Å². The highest BCUT2D eigenvalue weighted by Gasteiger charge is 2.19. The van der Waals surface area contributed by atoms with E-state index in [4.69, 9.17) is 11.6 Å². The minimum Gasteiger partial charge on any atom is -0.297 e. The lowest BCUT2D eigenvalue weighted by Crippen LogP contribution is -2.07. The van der Waals surface area contributed by atoms with E-state index >= 15 is 0 Å². The van der Waals surface area contributed by atoms with Crippen LogP contribution in [0.15, 0.2) is 34.7 Å². The zero-order valence-corrected chi connectivity index (χ0v) is 14.6. The Balaban J connectivity index is 2.04. The Morgan fingerprint density at radius 1 is 1.35 bits per heavy atom. The van der Waals surface area contributed by atoms with Crippen molar-refractivity contribution in [1.82, 2.24) is 10.2 Å². The Bertz CT molecular complexity index is 831. The molecular formula is C14H14ClN3O3S2. The predicted molar refractivity (Wildman–Crippen MR) is 91.4 cm³/mol. The van der Waals surface area contributed by atoms with Crippen molar-refractivity contribution in [3.05, 3.63) is 40.9 Å². The van der Waals surface area contributed by atoms with Gasteiger partial charge in [-0.3, -0.25) is 10.1 Å². The number of nitrogens with zero attached hydrogens (tertiary/aromatic N) is 2. The van der Waals surface area contributed by atoms with Gasteiger partial charge in [0.25, 0.3) is 0 Å². The summed E-state index contributed by atoms with van der Waals surface area (Å²) >= 11 is 6.81. The van der Waals surface area contributed by atoms with E-state index < -0.39 is 15.7 Å². The van der Waals surface area contributed by atoms with Gasteiger partial charge < -0.3 is 0 Å². The van der Waals surface area contributed by atoms with Crippen molar-refractivity contribution in [2.45, 2.75) is 17.7 Å². The van der Waals surface area contributed by atoms with Gasteiger partial charge >= 0.3 is 0 Å². The summed E-state index contributed by atoms with van der Waals surface area (Å²) in [5, 5.41) is 10.4. The van der Waals surface area contributed by atoms with Crippen LogP contribution in [-0.2, 0) is 14.6 Å². The van der Waals surface area contributed by atoms with Crippen LogP contribution in [0.2, 0.25) is 5.02 Å². The molecule has 1 aromatic carbocycles. The third kappa shape index (κ3) is 4.85. The third-order valence-corrected chi connectivity index (χ3v) is 6.24. The second-order valence-electron chi connectivity index (χ2n) is 4.54. The van der Waals surface area contributed by atoms with Crippen LogP contribution in [0.25, 0.3) is 6.08 Å². The van der Waals surface area contributed by atoms with Crippen molar-refractivity contribution in [2.75, 3.05) is 11.1 Å². The molecule has 2 rings (SSSR count). The molecule has 0 atom stereocenters. The first-order chi connectivity index (χ1) is 10.9. The van der Waals surface area contributed by atoms with Crippen LogP contribution in [0.1, 0.15) is 18.9 Å². The van der Waals surface area contributed by atoms with E-state index in [1.54, 1.807) is 37.3 Å². The van der Waals surface area contributed by atoms with Crippen LogP contribution >= 0.6 is 22.9 Å². The number of nitrogens with one attached hydrogen (secondary N) is 1. The number of carbonyl (C=O) groups is 1. The van der Waals surface area contributed by atoms with E-state index in [0.717, 1.165) is 11.3 Å². The molecule has 0 bridgehead atoms. The lowest BCUT2D eigenvalue weighted by molar-refractivity contribution is -0.111. The fourth-order valence-electron chi connectivity index (χ4n) is 1.66.